The summed E-state index contributed by atoms with van der Waals surface area (Å²) < 4.78 is 9.51. The molecule has 7 aromatic carbocycles. The van der Waals surface area contributed by atoms with Crippen LogP contribution in [0, 0.1) is 5.92 Å². The second-order valence-electron chi connectivity index (χ2n) is 14.8. The molecule has 57 heavy (non-hydrogen) atoms. The number of nitrogens with zero attached hydrogens (tertiary/aromatic N) is 4. The van der Waals surface area contributed by atoms with Crippen molar-refractivity contribution in [2.24, 2.45) is 5.92 Å². The molecule has 0 radical (unpaired) electrons. The van der Waals surface area contributed by atoms with E-state index in [2.05, 4.69) is 133 Å². The standard InChI is InChI=1S/C52H36N4O/c1-33-27-29-42-41-24-14-26-46(56-44-25-12-11-23-40(44)43-32-37(28-30-45(43)56)34-15-5-2-6-16-34)48(41)57-49(42)47(33)38-21-13-22-39(31-38)52-54-50(35-17-7-3-8-18-35)53-51(55-52)36-19-9-4-10-20-36/h2-26,28-33H,27H2,1H3. The van der Waals surface area contributed by atoms with Gasteiger partial charge in [-0.05, 0) is 59.4 Å². The zero-order chi connectivity index (χ0) is 37.9. The number of hydrogen-bond donors (Lipinski definition) is 0. The van der Waals surface area contributed by atoms with Crippen molar-refractivity contribution < 1.29 is 4.42 Å². The average Bonchev–Trinajstić information content (AvgIpc) is 3.82. The number of hydrogen-bond acceptors (Lipinski definition) is 4. The summed E-state index contributed by atoms with van der Waals surface area (Å²) in [6, 6.07) is 61.5. The lowest BCUT2D eigenvalue weighted by atomic mass is 9.87. The first-order valence-corrected chi connectivity index (χ1v) is 19.5. The minimum atomic E-state index is 0.236. The number of para-hydroxylation sites is 2. The first kappa shape index (κ1) is 33.0. The maximum absolute atomic E-state index is 7.14. The highest BCUT2D eigenvalue weighted by molar-refractivity contribution is 6.11. The number of rotatable bonds is 6. The molecular formula is C52H36N4O. The Morgan fingerprint density at radius 2 is 1.04 bits per heavy atom. The van der Waals surface area contributed by atoms with Gasteiger partial charge in [-0.2, -0.15) is 0 Å². The van der Waals surface area contributed by atoms with Crippen LogP contribution in [-0.2, 0) is 0 Å². The van der Waals surface area contributed by atoms with E-state index in [9.17, 15) is 0 Å². The van der Waals surface area contributed by atoms with E-state index < -0.39 is 0 Å². The lowest BCUT2D eigenvalue weighted by Crippen LogP contribution is -2.29. The summed E-state index contributed by atoms with van der Waals surface area (Å²) in [6.07, 6.45) is 3.26. The molecule has 1 unspecified atom stereocenters. The SMILES string of the molecule is CC1CC=c2c(oc3c(-n4c5ccccc5c5cc(-c6ccccc6)ccc54)cccc23)=C1c1cccc(-c2nc(-c3ccccc3)nc(-c3ccccc3)n2)c1. The van der Waals surface area contributed by atoms with E-state index in [0.717, 1.165) is 67.0 Å². The first-order valence-electron chi connectivity index (χ1n) is 19.5. The Labute approximate surface area is 329 Å². The van der Waals surface area contributed by atoms with Crippen molar-refractivity contribution in [1.82, 2.24) is 19.5 Å². The molecule has 3 heterocycles. The van der Waals surface area contributed by atoms with Gasteiger partial charge in [-0.15, -0.1) is 0 Å². The van der Waals surface area contributed by atoms with Gasteiger partial charge in [0.05, 0.1) is 16.7 Å². The summed E-state index contributed by atoms with van der Waals surface area (Å²) in [7, 11) is 0. The van der Waals surface area contributed by atoms with E-state index in [4.69, 9.17) is 19.4 Å². The van der Waals surface area contributed by atoms with E-state index in [0.29, 0.717) is 17.5 Å². The van der Waals surface area contributed by atoms with Crippen molar-refractivity contribution in [3.05, 3.63) is 192 Å². The molecule has 5 heteroatoms. The Kier molecular flexibility index (Phi) is 7.78. The molecule has 0 saturated carbocycles. The molecule has 270 valence electrons. The van der Waals surface area contributed by atoms with E-state index in [1.165, 1.54) is 27.5 Å². The maximum Gasteiger partial charge on any atom is 0.164 e. The van der Waals surface area contributed by atoms with Crippen molar-refractivity contribution in [3.8, 4) is 51.0 Å². The molecular weight excluding hydrogens is 697 g/mol. The smallest absolute Gasteiger partial charge is 0.164 e. The van der Waals surface area contributed by atoms with Gasteiger partial charge in [-0.25, -0.2) is 15.0 Å². The summed E-state index contributed by atoms with van der Waals surface area (Å²) in [5.41, 5.74) is 12.6. The monoisotopic (exact) mass is 732 g/mol. The average molecular weight is 733 g/mol. The Bertz CT molecular complexity index is 3220. The highest BCUT2D eigenvalue weighted by Gasteiger charge is 2.23. The minimum Gasteiger partial charge on any atom is -0.454 e. The highest BCUT2D eigenvalue weighted by Crippen LogP contribution is 2.37. The van der Waals surface area contributed by atoms with Crippen LogP contribution in [0.3, 0.4) is 0 Å². The van der Waals surface area contributed by atoms with Crippen LogP contribution in [0.15, 0.2) is 180 Å². The van der Waals surface area contributed by atoms with Crippen LogP contribution in [0.5, 0.6) is 0 Å². The molecule has 1 atom stereocenters. The van der Waals surface area contributed by atoms with Crippen molar-refractivity contribution in [3.63, 3.8) is 0 Å². The Hall–Kier alpha value is -7.37. The van der Waals surface area contributed by atoms with Gasteiger partial charge in [0.15, 0.2) is 23.1 Å². The van der Waals surface area contributed by atoms with Gasteiger partial charge >= 0.3 is 0 Å². The molecule has 3 aromatic heterocycles. The topological polar surface area (TPSA) is 56.7 Å². The van der Waals surface area contributed by atoms with Crippen molar-refractivity contribution in [2.45, 2.75) is 13.3 Å². The number of fused-ring (bicyclic) bond motifs is 6. The van der Waals surface area contributed by atoms with E-state index in [1.807, 2.05) is 60.7 Å². The third-order valence-electron chi connectivity index (χ3n) is 11.3. The fourth-order valence-corrected chi connectivity index (χ4v) is 8.56. The number of furan rings is 1. The number of benzene rings is 7. The largest absolute Gasteiger partial charge is 0.454 e. The first-order chi connectivity index (χ1) is 28.2. The summed E-state index contributed by atoms with van der Waals surface area (Å²) in [5, 5.41) is 4.70. The van der Waals surface area contributed by atoms with E-state index in [1.54, 1.807) is 0 Å². The fourth-order valence-electron chi connectivity index (χ4n) is 8.56. The highest BCUT2D eigenvalue weighted by atomic mass is 16.3. The van der Waals surface area contributed by atoms with Gasteiger partial charge in [-0.3, -0.25) is 0 Å². The normalized spacial score (nSPS) is 13.9. The van der Waals surface area contributed by atoms with Gasteiger partial charge in [0.1, 0.15) is 5.42 Å². The van der Waals surface area contributed by atoms with Gasteiger partial charge in [0.25, 0.3) is 0 Å². The molecule has 10 aromatic rings. The Morgan fingerprint density at radius 3 is 1.75 bits per heavy atom. The molecule has 0 spiro atoms. The van der Waals surface area contributed by atoms with Crippen LogP contribution in [0.4, 0.5) is 0 Å². The molecule has 1 aliphatic rings. The third-order valence-corrected chi connectivity index (χ3v) is 11.3. The summed E-state index contributed by atoms with van der Waals surface area (Å²) in [4.78, 5) is 15.0. The molecule has 11 rings (SSSR count). The van der Waals surface area contributed by atoms with Crippen molar-refractivity contribution >= 4 is 44.4 Å². The summed E-state index contributed by atoms with van der Waals surface area (Å²) in [5.74, 6) is 2.16. The van der Waals surface area contributed by atoms with Gasteiger partial charge < -0.3 is 8.98 Å². The zero-order valence-electron chi connectivity index (χ0n) is 31.3. The van der Waals surface area contributed by atoms with Crippen LogP contribution in [0.2, 0.25) is 0 Å². The molecule has 5 nitrogen and oxygen atoms in total. The fraction of sp³-hybridized carbons (Fsp3) is 0.0577. The molecule has 0 fully saturated rings. The molecule has 0 N–H and O–H groups in total. The molecule has 0 amide bonds. The zero-order valence-corrected chi connectivity index (χ0v) is 31.3. The van der Waals surface area contributed by atoms with Crippen molar-refractivity contribution in [1.29, 1.82) is 0 Å². The summed E-state index contributed by atoms with van der Waals surface area (Å²) >= 11 is 0. The van der Waals surface area contributed by atoms with Crippen LogP contribution in [0.25, 0.3) is 95.4 Å². The second-order valence-corrected chi connectivity index (χ2v) is 14.8. The molecule has 0 aliphatic heterocycles. The number of aromatic nitrogens is 4. The minimum absolute atomic E-state index is 0.236. The van der Waals surface area contributed by atoms with E-state index >= 15 is 0 Å². The van der Waals surface area contributed by atoms with Crippen LogP contribution in [-0.4, -0.2) is 19.5 Å². The molecule has 1 aliphatic carbocycles. The predicted molar refractivity (Wildman–Crippen MR) is 232 cm³/mol. The van der Waals surface area contributed by atoms with Gasteiger partial charge in [0.2, 0.25) is 0 Å². The molecule has 0 saturated heterocycles. The maximum atomic E-state index is 7.14. The van der Waals surface area contributed by atoms with Crippen LogP contribution >= 0.6 is 0 Å². The van der Waals surface area contributed by atoms with Gasteiger partial charge in [-0.1, -0.05) is 159 Å². The predicted octanol–water partition coefficient (Wildman–Crippen LogP) is 11.4. The Morgan fingerprint density at radius 1 is 0.474 bits per heavy atom. The van der Waals surface area contributed by atoms with Crippen molar-refractivity contribution in [2.75, 3.05) is 0 Å². The third kappa shape index (κ3) is 5.58. The van der Waals surface area contributed by atoms with Gasteiger partial charge in [0, 0.05) is 43.6 Å². The quantitative estimate of drug-likeness (QED) is 0.171. The van der Waals surface area contributed by atoms with Crippen LogP contribution in [0.1, 0.15) is 18.9 Å². The van der Waals surface area contributed by atoms with E-state index in [-0.39, 0.29) is 5.92 Å². The lowest BCUT2D eigenvalue weighted by Gasteiger charge is -2.17. The Balaban J connectivity index is 1.09. The van der Waals surface area contributed by atoms with Crippen LogP contribution < -0.4 is 10.6 Å². The lowest BCUT2D eigenvalue weighted by molar-refractivity contribution is 0.558. The second kappa shape index (κ2) is 13.4. The summed E-state index contributed by atoms with van der Waals surface area (Å²) in [6.45, 7) is 2.29. The molecule has 0 bridgehead atoms.